The van der Waals surface area contributed by atoms with Gasteiger partial charge in [-0.25, -0.2) is 13.2 Å². The molecule has 182 valence electrons. The summed E-state index contributed by atoms with van der Waals surface area (Å²) < 4.78 is 35.3. The van der Waals surface area contributed by atoms with Gasteiger partial charge in [0.05, 0.1) is 26.5 Å². The van der Waals surface area contributed by atoms with E-state index in [9.17, 15) is 42.7 Å². The number of hydrogen-bond acceptors (Lipinski definition) is 8. The van der Waals surface area contributed by atoms with Crippen molar-refractivity contribution in [2.24, 2.45) is 0 Å². The highest BCUT2D eigenvalue weighted by Crippen LogP contribution is 2.43. The second-order valence-corrected chi connectivity index (χ2v) is 9.63. The Labute approximate surface area is 209 Å². The molecule has 0 atom stereocenters. The molecule has 2 aromatic rings. The first-order valence-electron chi connectivity index (χ1n) is 9.55. The fourth-order valence-corrected chi connectivity index (χ4v) is 4.96. The Morgan fingerprint density at radius 2 is 1.69 bits per heavy atom. The molecule has 0 saturated carbocycles. The molecule has 0 aliphatic heterocycles. The summed E-state index contributed by atoms with van der Waals surface area (Å²) in [6, 6.07) is 4.17. The van der Waals surface area contributed by atoms with Crippen LogP contribution in [0.25, 0.3) is 5.57 Å². The lowest BCUT2D eigenvalue weighted by molar-refractivity contribution is -0.298. The first-order valence-corrected chi connectivity index (χ1v) is 11.7. The number of Topliss-reactive ketones (excluding diaryl/α,β-unsaturated/α-hetero) is 1. The molecule has 0 amide bonds. The van der Waals surface area contributed by atoms with Gasteiger partial charge in [-0.1, -0.05) is 40.6 Å². The van der Waals surface area contributed by atoms with E-state index in [1.807, 2.05) is 0 Å². The van der Waals surface area contributed by atoms with Crippen LogP contribution in [0.1, 0.15) is 34.0 Å². The van der Waals surface area contributed by atoms with Crippen LogP contribution in [0.4, 0.5) is 0 Å². The predicted molar refractivity (Wildman–Crippen MR) is 120 cm³/mol. The van der Waals surface area contributed by atoms with Crippen LogP contribution in [-0.4, -0.2) is 35.8 Å². The lowest BCUT2D eigenvalue weighted by Crippen LogP contribution is -2.30. The summed E-state index contributed by atoms with van der Waals surface area (Å²) in [5, 5.41) is 32.6. The standard InChI is InChI=1S/C23H16Cl2O9S/c1-9-5-11(7-13(20(9)26)22(28)29)17(12-6-10(2)21(27)14(8-12)23(30)31)18-15(24)3-4-16(19(18)25)35(32,33)34/h3-8,26H,1-2H3,(H,28,29)(H,30,31)(H,32,33,34)/p-3/b17-12-. The minimum Gasteiger partial charge on any atom is -0.872 e. The summed E-state index contributed by atoms with van der Waals surface area (Å²) in [7, 11) is -5.10. The number of aromatic carboxylic acids is 1. The molecule has 0 unspecified atom stereocenters. The lowest BCUT2D eigenvalue weighted by atomic mass is 9.85. The molecule has 9 nitrogen and oxygen atoms in total. The Hall–Kier alpha value is -3.44. The molecule has 0 fully saturated rings. The van der Waals surface area contributed by atoms with Crippen LogP contribution in [0.15, 0.2) is 58.0 Å². The predicted octanol–water partition coefficient (Wildman–Crippen LogP) is 1.98. The number of aliphatic carboxylic acids is 1. The second kappa shape index (κ2) is 9.31. The fraction of sp³-hybridized carbons (Fsp3) is 0.0870. The van der Waals surface area contributed by atoms with Gasteiger partial charge in [-0.05, 0) is 66.5 Å². The molecule has 0 heterocycles. The maximum atomic E-state index is 12.3. The monoisotopic (exact) mass is 535 g/mol. The van der Waals surface area contributed by atoms with Crippen LogP contribution in [0.5, 0.6) is 5.75 Å². The van der Waals surface area contributed by atoms with E-state index in [0.717, 1.165) is 24.3 Å². The first-order chi connectivity index (χ1) is 16.1. The summed E-state index contributed by atoms with van der Waals surface area (Å²) in [5.74, 6) is -5.01. The molecule has 0 bridgehead atoms. The quantitative estimate of drug-likeness (QED) is 0.443. The van der Waals surface area contributed by atoms with Crippen molar-refractivity contribution in [1.82, 2.24) is 0 Å². The van der Waals surface area contributed by atoms with E-state index in [4.69, 9.17) is 23.2 Å². The molecule has 1 aliphatic rings. The molecule has 3 rings (SSSR count). The van der Waals surface area contributed by atoms with Gasteiger partial charge in [-0.3, -0.25) is 4.79 Å². The SMILES string of the molecule is CC1=C/C(=C(\c2cc(C)c([O-])c(C(=O)O)c2)c2c(Cl)ccc(S(=O)(=O)[O-])c2Cl)C=C(C(=O)[O-])C1=O. The third-order valence-corrected chi connectivity index (χ3v) is 6.85. The van der Waals surface area contributed by atoms with Gasteiger partial charge in [0, 0.05) is 11.1 Å². The van der Waals surface area contributed by atoms with E-state index >= 15 is 0 Å². The molecule has 0 spiro atoms. The number of carbonyl (C=O) groups excluding carboxylic acids is 2. The summed E-state index contributed by atoms with van der Waals surface area (Å²) in [4.78, 5) is 34.7. The molecule has 12 heteroatoms. The number of carboxylic acids is 2. The van der Waals surface area contributed by atoms with Crippen molar-refractivity contribution in [2.45, 2.75) is 18.7 Å². The molecule has 2 aromatic carbocycles. The van der Waals surface area contributed by atoms with E-state index in [1.54, 1.807) is 0 Å². The van der Waals surface area contributed by atoms with Crippen molar-refractivity contribution < 1.29 is 42.7 Å². The van der Waals surface area contributed by atoms with Gasteiger partial charge >= 0.3 is 5.97 Å². The van der Waals surface area contributed by atoms with Crippen LogP contribution in [0.2, 0.25) is 10.0 Å². The average Bonchev–Trinajstić information content (AvgIpc) is 2.73. The Morgan fingerprint density at radius 1 is 1.06 bits per heavy atom. The Morgan fingerprint density at radius 3 is 2.23 bits per heavy atom. The van der Waals surface area contributed by atoms with E-state index in [0.29, 0.717) is 0 Å². The van der Waals surface area contributed by atoms with Gasteiger partial charge in [-0.2, -0.15) is 0 Å². The molecule has 1 N–H and O–H groups in total. The zero-order valence-electron chi connectivity index (χ0n) is 17.8. The van der Waals surface area contributed by atoms with Crippen molar-refractivity contribution in [3.8, 4) is 5.75 Å². The summed E-state index contributed by atoms with van der Waals surface area (Å²) in [5.41, 5.74) is -1.90. The zero-order chi connectivity index (χ0) is 26.4. The summed E-state index contributed by atoms with van der Waals surface area (Å²) in [6.45, 7) is 2.64. The van der Waals surface area contributed by atoms with Crippen molar-refractivity contribution in [3.63, 3.8) is 0 Å². The number of allylic oxidation sites excluding steroid dienone is 4. The minimum atomic E-state index is -5.10. The molecule has 35 heavy (non-hydrogen) atoms. The van der Waals surface area contributed by atoms with Crippen molar-refractivity contribution >= 4 is 56.6 Å². The van der Waals surface area contributed by atoms with Gasteiger partial charge in [0.2, 0.25) is 0 Å². The number of carboxylic acid groups (broad SMARTS) is 2. The summed E-state index contributed by atoms with van der Waals surface area (Å²) in [6.07, 6.45) is 2.17. The highest BCUT2D eigenvalue weighted by Gasteiger charge is 2.26. The number of benzene rings is 2. The molecular weight excluding hydrogens is 523 g/mol. The highest BCUT2D eigenvalue weighted by molar-refractivity contribution is 7.85. The van der Waals surface area contributed by atoms with E-state index < -0.39 is 54.6 Å². The van der Waals surface area contributed by atoms with E-state index in [1.165, 1.54) is 26.0 Å². The van der Waals surface area contributed by atoms with Crippen molar-refractivity contribution in [1.29, 1.82) is 0 Å². The van der Waals surface area contributed by atoms with Gasteiger partial charge in [0.25, 0.3) is 0 Å². The number of hydrogen-bond donors (Lipinski definition) is 1. The van der Waals surface area contributed by atoms with Crippen LogP contribution in [-0.2, 0) is 19.7 Å². The highest BCUT2D eigenvalue weighted by atomic mass is 35.5. The third-order valence-electron chi connectivity index (χ3n) is 5.15. The summed E-state index contributed by atoms with van der Waals surface area (Å²) >= 11 is 12.6. The van der Waals surface area contributed by atoms with Crippen LogP contribution in [0, 0.1) is 6.92 Å². The van der Waals surface area contributed by atoms with Gasteiger partial charge < -0.3 is 24.7 Å². The Kier molecular flexibility index (Phi) is 6.96. The Bertz CT molecular complexity index is 1530. The molecule has 1 aliphatic carbocycles. The molecule has 0 saturated heterocycles. The zero-order valence-corrected chi connectivity index (χ0v) is 20.2. The maximum Gasteiger partial charge on any atom is 0.335 e. The fourth-order valence-electron chi connectivity index (χ4n) is 3.56. The number of ketones is 1. The van der Waals surface area contributed by atoms with Crippen molar-refractivity contribution in [2.75, 3.05) is 0 Å². The largest absolute Gasteiger partial charge is 0.872 e. The number of halogens is 2. The van der Waals surface area contributed by atoms with E-state index in [2.05, 4.69) is 0 Å². The molecule has 0 radical (unpaired) electrons. The third kappa shape index (κ3) is 4.87. The second-order valence-electron chi connectivity index (χ2n) is 7.50. The number of aryl methyl sites for hydroxylation is 1. The van der Waals surface area contributed by atoms with Crippen molar-refractivity contribution in [3.05, 3.63) is 85.4 Å². The minimum absolute atomic E-state index is 0.0189. The van der Waals surface area contributed by atoms with Gasteiger partial charge in [-0.15, -0.1) is 0 Å². The average molecular weight is 536 g/mol. The van der Waals surface area contributed by atoms with Crippen LogP contribution in [0.3, 0.4) is 0 Å². The molecule has 0 aromatic heterocycles. The lowest BCUT2D eigenvalue weighted by Gasteiger charge is -2.23. The van der Waals surface area contributed by atoms with Crippen LogP contribution >= 0.6 is 23.2 Å². The normalized spacial score (nSPS) is 15.4. The van der Waals surface area contributed by atoms with Gasteiger partial charge in [0.1, 0.15) is 10.1 Å². The topological polar surface area (TPSA) is 175 Å². The number of rotatable bonds is 5. The smallest absolute Gasteiger partial charge is 0.335 e. The van der Waals surface area contributed by atoms with E-state index in [-0.39, 0.29) is 38.4 Å². The first kappa shape index (κ1) is 26.2. The van der Waals surface area contributed by atoms with Gasteiger partial charge in [0.15, 0.2) is 5.78 Å². The molecular formula is C23H13Cl2O9S-3. The number of carbonyl (C=O) groups is 3. The maximum absolute atomic E-state index is 12.3. The van der Waals surface area contributed by atoms with Crippen LogP contribution < -0.4 is 10.2 Å². The Balaban J connectivity index is 2.59.